The number of benzene rings is 2. The average Bonchev–Trinajstić information content (AvgIpc) is 2.89. The van der Waals surface area contributed by atoms with Crippen LogP contribution in [0.3, 0.4) is 0 Å². The highest BCUT2D eigenvalue weighted by Gasteiger charge is 2.18. The monoisotopic (exact) mass is 343 g/mol. The van der Waals surface area contributed by atoms with Crippen molar-refractivity contribution in [2.45, 2.75) is 19.9 Å². The maximum Gasteiger partial charge on any atom is 0.137 e. The minimum Gasteiger partial charge on any atom is -0.459 e. The van der Waals surface area contributed by atoms with Crippen LogP contribution in [0.25, 0.3) is 11.0 Å². The van der Waals surface area contributed by atoms with Crippen LogP contribution in [0.5, 0.6) is 0 Å². The molecule has 1 N–H and O–H groups in total. The van der Waals surface area contributed by atoms with Crippen molar-refractivity contribution in [1.82, 2.24) is 5.32 Å². The van der Waals surface area contributed by atoms with E-state index in [4.69, 9.17) is 4.42 Å². The van der Waals surface area contributed by atoms with Gasteiger partial charge in [0.15, 0.2) is 0 Å². The lowest BCUT2D eigenvalue weighted by Gasteiger charge is -2.15. The third-order valence-electron chi connectivity index (χ3n) is 3.85. The van der Waals surface area contributed by atoms with Crippen LogP contribution in [0.1, 0.15) is 28.5 Å². The predicted molar refractivity (Wildman–Crippen MR) is 90.7 cm³/mol. The van der Waals surface area contributed by atoms with E-state index in [0.717, 1.165) is 21.2 Å². The molecule has 0 spiro atoms. The molecule has 1 heterocycles. The normalized spacial score (nSPS) is 12.8. The topological polar surface area (TPSA) is 25.2 Å². The molecule has 0 aliphatic rings. The molecular formula is C18H18BrNO. The van der Waals surface area contributed by atoms with Crippen LogP contribution in [0.4, 0.5) is 0 Å². The quantitative estimate of drug-likeness (QED) is 0.713. The number of aryl methyl sites for hydroxylation is 2. The van der Waals surface area contributed by atoms with Gasteiger partial charge in [-0.3, -0.25) is 0 Å². The molecule has 1 atom stereocenters. The Hall–Kier alpha value is -1.58. The number of nitrogens with one attached hydrogen (secondary N) is 1. The molecule has 0 saturated carbocycles. The van der Waals surface area contributed by atoms with Crippen molar-refractivity contribution in [3.05, 3.63) is 69.4 Å². The molecule has 108 valence electrons. The zero-order chi connectivity index (χ0) is 15.0. The van der Waals surface area contributed by atoms with Gasteiger partial charge in [0.05, 0.1) is 6.04 Å². The van der Waals surface area contributed by atoms with Gasteiger partial charge in [-0.05, 0) is 49.7 Å². The van der Waals surface area contributed by atoms with E-state index in [-0.39, 0.29) is 6.04 Å². The van der Waals surface area contributed by atoms with Crippen LogP contribution < -0.4 is 5.32 Å². The summed E-state index contributed by atoms with van der Waals surface area (Å²) >= 11 is 3.55. The van der Waals surface area contributed by atoms with Crippen LogP contribution in [-0.2, 0) is 0 Å². The number of rotatable bonds is 3. The molecule has 0 saturated heterocycles. The first-order valence-corrected chi connectivity index (χ1v) is 7.82. The fraction of sp³-hybridized carbons (Fsp3) is 0.222. The molecule has 2 aromatic carbocycles. The van der Waals surface area contributed by atoms with E-state index in [1.807, 2.05) is 7.05 Å². The van der Waals surface area contributed by atoms with Gasteiger partial charge in [0, 0.05) is 9.86 Å². The largest absolute Gasteiger partial charge is 0.459 e. The van der Waals surface area contributed by atoms with Gasteiger partial charge in [0.1, 0.15) is 11.3 Å². The van der Waals surface area contributed by atoms with Gasteiger partial charge in [-0.15, -0.1) is 0 Å². The summed E-state index contributed by atoms with van der Waals surface area (Å²) in [5.74, 6) is 0.948. The van der Waals surface area contributed by atoms with E-state index >= 15 is 0 Å². The molecule has 3 rings (SSSR count). The highest BCUT2D eigenvalue weighted by molar-refractivity contribution is 9.10. The number of hydrogen-bond acceptors (Lipinski definition) is 2. The van der Waals surface area contributed by atoms with E-state index in [0.29, 0.717) is 0 Å². The van der Waals surface area contributed by atoms with Gasteiger partial charge < -0.3 is 9.73 Å². The second-order valence-corrected chi connectivity index (χ2v) is 6.23. The van der Waals surface area contributed by atoms with E-state index in [2.05, 4.69) is 77.6 Å². The highest BCUT2D eigenvalue weighted by atomic mass is 79.9. The first kappa shape index (κ1) is 14.4. The summed E-state index contributed by atoms with van der Waals surface area (Å²) in [7, 11) is 1.96. The minimum atomic E-state index is 0.0589. The molecule has 0 aliphatic carbocycles. The number of fused-ring (bicyclic) bond motifs is 1. The van der Waals surface area contributed by atoms with Crippen LogP contribution in [0, 0.1) is 13.8 Å². The molecule has 1 aromatic heterocycles. The average molecular weight is 344 g/mol. The Morgan fingerprint density at radius 3 is 2.52 bits per heavy atom. The third kappa shape index (κ3) is 2.63. The molecule has 0 aliphatic heterocycles. The van der Waals surface area contributed by atoms with Crippen LogP contribution >= 0.6 is 15.9 Å². The first-order chi connectivity index (χ1) is 10.1. The summed E-state index contributed by atoms with van der Waals surface area (Å²) in [6.45, 7) is 4.18. The molecule has 21 heavy (non-hydrogen) atoms. The van der Waals surface area contributed by atoms with Crippen molar-refractivity contribution in [1.29, 1.82) is 0 Å². The lowest BCUT2D eigenvalue weighted by atomic mass is 10.0. The van der Waals surface area contributed by atoms with Gasteiger partial charge >= 0.3 is 0 Å². The molecular weight excluding hydrogens is 326 g/mol. The van der Waals surface area contributed by atoms with E-state index in [1.54, 1.807) is 0 Å². The Kier molecular flexibility index (Phi) is 3.87. The van der Waals surface area contributed by atoms with Gasteiger partial charge in [-0.1, -0.05) is 46.3 Å². The van der Waals surface area contributed by atoms with Gasteiger partial charge in [0.25, 0.3) is 0 Å². The molecule has 0 amide bonds. The molecule has 2 nitrogen and oxygen atoms in total. The molecule has 0 bridgehead atoms. The fourth-order valence-electron chi connectivity index (χ4n) is 2.69. The van der Waals surface area contributed by atoms with Crippen LogP contribution in [0.15, 0.2) is 51.4 Å². The Morgan fingerprint density at radius 2 is 1.86 bits per heavy atom. The Balaban J connectivity index is 2.09. The minimum absolute atomic E-state index is 0.0589. The van der Waals surface area contributed by atoms with E-state index in [1.165, 1.54) is 16.7 Å². The number of para-hydroxylation sites is 1. The van der Waals surface area contributed by atoms with Crippen molar-refractivity contribution in [2.24, 2.45) is 0 Å². The SMILES string of the molecule is CNC(c1ccc(Br)c(C)c1)c1cc2cccc(C)c2o1. The summed E-state index contributed by atoms with van der Waals surface area (Å²) in [5, 5.41) is 4.50. The van der Waals surface area contributed by atoms with Crippen LogP contribution in [0.2, 0.25) is 0 Å². The lowest BCUT2D eigenvalue weighted by Crippen LogP contribution is -2.17. The fourth-order valence-corrected chi connectivity index (χ4v) is 2.94. The number of hydrogen-bond donors (Lipinski definition) is 1. The number of furan rings is 1. The van der Waals surface area contributed by atoms with Crippen molar-refractivity contribution >= 4 is 26.9 Å². The Bertz CT molecular complexity index is 791. The maximum absolute atomic E-state index is 6.10. The van der Waals surface area contributed by atoms with Gasteiger partial charge in [-0.25, -0.2) is 0 Å². The van der Waals surface area contributed by atoms with Gasteiger partial charge in [-0.2, -0.15) is 0 Å². The number of halogens is 1. The van der Waals surface area contributed by atoms with Crippen LogP contribution in [-0.4, -0.2) is 7.05 Å². The summed E-state index contributed by atoms with van der Waals surface area (Å²) in [5.41, 5.74) is 4.57. The van der Waals surface area contributed by atoms with Gasteiger partial charge in [0.2, 0.25) is 0 Å². The molecule has 1 unspecified atom stereocenters. The summed E-state index contributed by atoms with van der Waals surface area (Å²) in [4.78, 5) is 0. The van der Waals surface area contributed by atoms with E-state index < -0.39 is 0 Å². The summed E-state index contributed by atoms with van der Waals surface area (Å²) < 4.78 is 7.23. The third-order valence-corrected chi connectivity index (χ3v) is 4.74. The van der Waals surface area contributed by atoms with E-state index in [9.17, 15) is 0 Å². The molecule has 3 aromatic rings. The zero-order valence-corrected chi connectivity index (χ0v) is 14.0. The highest BCUT2D eigenvalue weighted by Crippen LogP contribution is 2.31. The van der Waals surface area contributed by atoms with Crippen molar-refractivity contribution in [2.75, 3.05) is 7.05 Å². The molecule has 0 fully saturated rings. The Morgan fingerprint density at radius 1 is 1.05 bits per heavy atom. The Labute approximate surface area is 133 Å². The maximum atomic E-state index is 6.10. The lowest BCUT2D eigenvalue weighted by molar-refractivity contribution is 0.490. The second kappa shape index (κ2) is 5.66. The van der Waals surface area contributed by atoms with Crippen molar-refractivity contribution < 1.29 is 4.42 Å². The standard InChI is InChI=1S/C18H18BrNO/c1-11-5-4-6-14-10-16(21-18(11)14)17(20-3)13-7-8-15(19)12(2)9-13/h4-10,17,20H,1-3H3. The second-order valence-electron chi connectivity index (χ2n) is 5.37. The first-order valence-electron chi connectivity index (χ1n) is 7.02. The van der Waals surface area contributed by atoms with Crippen molar-refractivity contribution in [3.8, 4) is 0 Å². The zero-order valence-electron chi connectivity index (χ0n) is 12.4. The summed E-state index contributed by atoms with van der Waals surface area (Å²) in [6, 6.07) is 14.8. The smallest absolute Gasteiger partial charge is 0.137 e. The molecule has 3 heteroatoms. The predicted octanol–water partition coefficient (Wildman–Crippen LogP) is 5.12. The summed E-state index contributed by atoms with van der Waals surface area (Å²) in [6.07, 6.45) is 0. The molecule has 0 radical (unpaired) electrons. The van der Waals surface area contributed by atoms with Crippen molar-refractivity contribution in [3.63, 3.8) is 0 Å².